The van der Waals surface area contributed by atoms with Gasteiger partial charge in [-0.05, 0) is 13.0 Å². The summed E-state index contributed by atoms with van der Waals surface area (Å²) in [6.07, 6.45) is 4.34. The van der Waals surface area contributed by atoms with Crippen LogP contribution in [-0.4, -0.2) is 32.2 Å². The Hall–Kier alpha value is -2.70. The lowest BCUT2D eigenvalue weighted by Gasteiger charge is -2.01. The third-order valence-corrected chi connectivity index (χ3v) is 2.76. The molecule has 96 valence electrons. The van der Waals surface area contributed by atoms with E-state index in [2.05, 4.69) is 15.1 Å². The van der Waals surface area contributed by atoms with Gasteiger partial charge in [0.1, 0.15) is 5.56 Å². The summed E-state index contributed by atoms with van der Waals surface area (Å²) in [6.45, 7) is 2.01. The number of ether oxygens (including phenoxy) is 1. The van der Waals surface area contributed by atoms with Gasteiger partial charge in [0.15, 0.2) is 5.65 Å². The van der Waals surface area contributed by atoms with E-state index in [0.29, 0.717) is 16.6 Å². The number of hydrogen-bond donors (Lipinski definition) is 1. The first-order chi connectivity index (χ1) is 9.22. The fourth-order valence-corrected chi connectivity index (χ4v) is 1.91. The van der Waals surface area contributed by atoms with Crippen LogP contribution >= 0.6 is 0 Å². The third kappa shape index (κ3) is 1.67. The first-order valence-electron chi connectivity index (χ1n) is 5.73. The molecule has 0 amide bonds. The molecule has 0 aromatic carbocycles. The zero-order valence-corrected chi connectivity index (χ0v) is 10.1. The van der Waals surface area contributed by atoms with Crippen LogP contribution in [0.2, 0.25) is 0 Å². The van der Waals surface area contributed by atoms with Crippen molar-refractivity contribution in [1.29, 1.82) is 0 Å². The number of esters is 1. The Balaban J connectivity index is 2.32. The van der Waals surface area contributed by atoms with Gasteiger partial charge in [-0.2, -0.15) is 5.10 Å². The summed E-state index contributed by atoms with van der Waals surface area (Å²) in [4.78, 5) is 30.1. The van der Waals surface area contributed by atoms with Crippen LogP contribution in [0.1, 0.15) is 17.3 Å². The zero-order chi connectivity index (χ0) is 13.4. The van der Waals surface area contributed by atoms with E-state index in [0.717, 1.165) is 0 Å². The standard InChI is InChI=1S/C12H10N4O3/c1-2-19-12(18)8-6-15-16-9-3-4-13-11(17)7(9)5-14-10(8)16/h3-6H,2H2,1H3,(H,13,17). The molecule has 0 aliphatic heterocycles. The second-order valence-corrected chi connectivity index (χ2v) is 3.88. The molecule has 7 nitrogen and oxygen atoms in total. The van der Waals surface area contributed by atoms with E-state index < -0.39 is 5.97 Å². The molecule has 0 aliphatic carbocycles. The highest BCUT2D eigenvalue weighted by atomic mass is 16.5. The maximum Gasteiger partial charge on any atom is 0.343 e. The van der Waals surface area contributed by atoms with Crippen molar-refractivity contribution in [2.45, 2.75) is 6.92 Å². The van der Waals surface area contributed by atoms with E-state index in [9.17, 15) is 9.59 Å². The average Bonchev–Trinajstić information content (AvgIpc) is 2.83. The van der Waals surface area contributed by atoms with E-state index in [4.69, 9.17) is 4.74 Å². The maximum atomic E-state index is 11.7. The highest BCUT2D eigenvalue weighted by Crippen LogP contribution is 2.14. The van der Waals surface area contributed by atoms with Gasteiger partial charge >= 0.3 is 5.97 Å². The van der Waals surface area contributed by atoms with Crippen LogP contribution in [0.15, 0.2) is 29.5 Å². The van der Waals surface area contributed by atoms with Gasteiger partial charge in [0.05, 0.1) is 23.7 Å². The molecule has 7 heteroatoms. The molecule has 0 bridgehead atoms. The smallest absolute Gasteiger partial charge is 0.343 e. The number of nitrogens with one attached hydrogen (secondary N) is 1. The van der Waals surface area contributed by atoms with Crippen molar-refractivity contribution < 1.29 is 9.53 Å². The molecule has 0 unspecified atom stereocenters. The van der Waals surface area contributed by atoms with Crippen LogP contribution in [0.25, 0.3) is 16.6 Å². The Morgan fingerprint density at radius 3 is 3.11 bits per heavy atom. The third-order valence-electron chi connectivity index (χ3n) is 2.76. The molecule has 0 atom stereocenters. The number of aromatic nitrogens is 4. The van der Waals surface area contributed by atoms with Crippen molar-refractivity contribution in [2.24, 2.45) is 0 Å². The van der Waals surface area contributed by atoms with E-state index in [-0.39, 0.29) is 17.7 Å². The quantitative estimate of drug-likeness (QED) is 0.685. The molecular formula is C12H10N4O3. The molecule has 3 heterocycles. The highest BCUT2D eigenvalue weighted by Gasteiger charge is 2.16. The zero-order valence-electron chi connectivity index (χ0n) is 10.1. The number of carbonyl (C=O) groups excluding carboxylic acids is 1. The number of hydrogen-bond acceptors (Lipinski definition) is 5. The van der Waals surface area contributed by atoms with Gasteiger partial charge in [0.25, 0.3) is 5.56 Å². The van der Waals surface area contributed by atoms with Crippen LogP contribution in [0.4, 0.5) is 0 Å². The minimum Gasteiger partial charge on any atom is -0.462 e. The first kappa shape index (κ1) is 11.4. The molecule has 3 aromatic rings. The van der Waals surface area contributed by atoms with Gasteiger partial charge in [-0.15, -0.1) is 0 Å². The van der Waals surface area contributed by atoms with Crippen LogP contribution in [-0.2, 0) is 4.74 Å². The van der Waals surface area contributed by atoms with Crippen LogP contribution < -0.4 is 5.56 Å². The number of nitrogens with zero attached hydrogens (tertiary/aromatic N) is 3. The summed E-state index contributed by atoms with van der Waals surface area (Å²) in [5.74, 6) is -0.478. The monoisotopic (exact) mass is 258 g/mol. The summed E-state index contributed by atoms with van der Waals surface area (Å²) < 4.78 is 6.39. The number of H-pyrrole nitrogens is 1. The molecule has 0 saturated heterocycles. The Kier molecular flexibility index (Phi) is 2.52. The number of carbonyl (C=O) groups is 1. The number of aromatic amines is 1. The van der Waals surface area contributed by atoms with Crippen LogP contribution in [0, 0.1) is 0 Å². The van der Waals surface area contributed by atoms with E-state index in [1.165, 1.54) is 23.1 Å². The molecule has 0 aliphatic rings. The molecule has 19 heavy (non-hydrogen) atoms. The average molecular weight is 258 g/mol. The fraction of sp³-hybridized carbons (Fsp3) is 0.167. The lowest BCUT2D eigenvalue weighted by molar-refractivity contribution is 0.0528. The Morgan fingerprint density at radius 2 is 2.32 bits per heavy atom. The SMILES string of the molecule is CCOC(=O)c1cnn2c1ncc1c(=O)[nH]ccc12. The molecule has 1 N–H and O–H groups in total. The largest absolute Gasteiger partial charge is 0.462 e. The minimum atomic E-state index is -0.478. The predicted octanol–water partition coefficient (Wildman–Crippen LogP) is 0.747. The van der Waals surface area contributed by atoms with E-state index in [1.54, 1.807) is 13.0 Å². The number of rotatable bonds is 2. The normalized spacial score (nSPS) is 11.0. The molecule has 3 rings (SSSR count). The van der Waals surface area contributed by atoms with Gasteiger partial charge in [0.2, 0.25) is 0 Å². The maximum absolute atomic E-state index is 11.7. The molecule has 3 aromatic heterocycles. The predicted molar refractivity (Wildman–Crippen MR) is 67.1 cm³/mol. The van der Waals surface area contributed by atoms with Crippen LogP contribution in [0.5, 0.6) is 0 Å². The minimum absolute atomic E-state index is 0.250. The summed E-state index contributed by atoms with van der Waals surface area (Å²) >= 11 is 0. The molecule has 0 fully saturated rings. The molecule has 0 spiro atoms. The molecule has 0 saturated carbocycles. The summed E-state index contributed by atoms with van der Waals surface area (Å²) in [6, 6.07) is 1.70. The lowest BCUT2D eigenvalue weighted by Crippen LogP contribution is -2.09. The fourth-order valence-electron chi connectivity index (χ4n) is 1.91. The van der Waals surface area contributed by atoms with Crippen LogP contribution in [0.3, 0.4) is 0 Å². The van der Waals surface area contributed by atoms with Crippen molar-refractivity contribution in [2.75, 3.05) is 6.61 Å². The lowest BCUT2D eigenvalue weighted by atomic mass is 10.3. The van der Waals surface area contributed by atoms with Gasteiger partial charge in [0, 0.05) is 12.4 Å². The van der Waals surface area contributed by atoms with Crippen molar-refractivity contribution >= 4 is 22.5 Å². The van der Waals surface area contributed by atoms with Crippen molar-refractivity contribution in [3.8, 4) is 0 Å². The highest BCUT2D eigenvalue weighted by molar-refractivity contribution is 5.96. The van der Waals surface area contributed by atoms with Crippen molar-refractivity contribution in [3.05, 3.63) is 40.6 Å². The summed E-state index contributed by atoms with van der Waals surface area (Å²) in [5.41, 5.74) is 0.991. The van der Waals surface area contributed by atoms with Gasteiger partial charge < -0.3 is 9.72 Å². The van der Waals surface area contributed by atoms with E-state index in [1.807, 2.05) is 0 Å². The second kappa shape index (κ2) is 4.20. The van der Waals surface area contributed by atoms with Gasteiger partial charge in [-0.25, -0.2) is 14.3 Å². The second-order valence-electron chi connectivity index (χ2n) is 3.88. The Bertz CT molecular complexity index is 834. The topological polar surface area (TPSA) is 89.3 Å². The summed E-state index contributed by atoms with van der Waals surface area (Å²) in [5, 5.41) is 4.50. The van der Waals surface area contributed by atoms with E-state index >= 15 is 0 Å². The number of fused-ring (bicyclic) bond motifs is 3. The number of pyridine rings is 1. The Labute approximate surface area is 106 Å². The van der Waals surface area contributed by atoms with Gasteiger partial charge in [-0.3, -0.25) is 4.79 Å². The summed E-state index contributed by atoms with van der Waals surface area (Å²) in [7, 11) is 0. The van der Waals surface area contributed by atoms with Crippen molar-refractivity contribution in [3.63, 3.8) is 0 Å². The van der Waals surface area contributed by atoms with Crippen molar-refractivity contribution in [1.82, 2.24) is 19.6 Å². The first-order valence-corrected chi connectivity index (χ1v) is 5.73. The Morgan fingerprint density at radius 1 is 1.47 bits per heavy atom. The molecule has 0 radical (unpaired) electrons. The molecular weight excluding hydrogens is 248 g/mol. The van der Waals surface area contributed by atoms with Gasteiger partial charge in [-0.1, -0.05) is 0 Å².